The van der Waals surface area contributed by atoms with Crippen molar-refractivity contribution in [2.45, 2.75) is 27.5 Å². The molecule has 1 aromatic carbocycles. The van der Waals surface area contributed by atoms with E-state index in [4.69, 9.17) is 16.3 Å². The first kappa shape index (κ1) is 18.0. The van der Waals surface area contributed by atoms with Crippen LogP contribution in [0.5, 0.6) is 5.75 Å². The fraction of sp³-hybridized carbons (Fsp3) is 0.278. The number of halogens is 1. The van der Waals surface area contributed by atoms with Gasteiger partial charge in [0.25, 0.3) is 5.91 Å². The molecule has 0 aliphatic carbocycles. The normalized spacial score (nSPS) is 10.8. The summed E-state index contributed by atoms with van der Waals surface area (Å²) < 4.78 is 8.84. The Morgan fingerprint density at radius 3 is 2.73 bits per heavy atom. The van der Waals surface area contributed by atoms with Crippen LogP contribution in [0.3, 0.4) is 0 Å². The van der Waals surface area contributed by atoms with Crippen LogP contribution in [-0.4, -0.2) is 25.5 Å². The van der Waals surface area contributed by atoms with E-state index in [1.807, 2.05) is 26.0 Å². The summed E-state index contributed by atoms with van der Waals surface area (Å²) in [6, 6.07) is 5.99. The second kappa shape index (κ2) is 7.21. The van der Waals surface area contributed by atoms with Crippen molar-refractivity contribution in [3.05, 3.63) is 58.1 Å². The Balaban J connectivity index is 1.65. The summed E-state index contributed by atoms with van der Waals surface area (Å²) in [6.45, 7) is 6.03. The summed E-state index contributed by atoms with van der Waals surface area (Å²) in [7, 11) is 1.68. The molecular weight excluding hydrogens is 354 g/mol. The van der Waals surface area contributed by atoms with Crippen LogP contribution >= 0.6 is 11.6 Å². The maximum Gasteiger partial charge on any atom is 0.275 e. The van der Waals surface area contributed by atoms with Crippen LogP contribution in [0.25, 0.3) is 0 Å². The predicted octanol–water partition coefficient (Wildman–Crippen LogP) is 3.48. The lowest BCUT2D eigenvalue weighted by atomic mass is 10.1. The van der Waals surface area contributed by atoms with Gasteiger partial charge in [-0.1, -0.05) is 29.3 Å². The van der Waals surface area contributed by atoms with E-state index in [0.717, 1.165) is 11.3 Å². The Kier molecular flexibility index (Phi) is 4.99. The number of hydrogen-bond acceptors (Lipinski definition) is 4. The summed E-state index contributed by atoms with van der Waals surface area (Å²) >= 11 is 6.14. The number of aryl methyl sites for hydroxylation is 4. The van der Waals surface area contributed by atoms with Crippen LogP contribution in [0.4, 0.5) is 5.69 Å². The molecule has 1 amide bonds. The third-order valence-electron chi connectivity index (χ3n) is 3.94. The molecule has 0 spiro atoms. The third-order valence-corrected chi connectivity index (χ3v) is 4.39. The minimum Gasteiger partial charge on any atom is -0.471 e. The molecule has 0 saturated carbocycles. The molecule has 2 heterocycles. The van der Waals surface area contributed by atoms with Crippen molar-refractivity contribution >= 4 is 23.2 Å². The van der Waals surface area contributed by atoms with E-state index < -0.39 is 0 Å². The summed E-state index contributed by atoms with van der Waals surface area (Å²) in [5.41, 5.74) is 3.71. The topological polar surface area (TPSA) is 74.0 Å². The van der Waals surface area contributed by atoms with Gasteiger partial charge in [0.15, 0.2) is 6.73 Å². The molecule has 0 fully saturated rings. The average molecular weight is 374 g/mol. The lowest BCUT2D eigenvalue weighted by Crippen LogP contribution is -2.16. The van der Waals surface area contributed by atoms with Crippen LogP contribution < -0.4 is 10.1 Å². The lowest BCUT2D eigenvalue weighted by molar-refractivity contribution is 0.101. The molecule has 0 bridgehead atoms. The number of carbonyl (C=O) groups excluding carboxylic acids is 1. The minimum absolute atomic E-state index is 0.241. The number of nitrogens with zero attached hydrogens (tertiary/aromatic N) is 4. The van der Waals surface area contributed by atoms with Crippen LogP contribution in [-0.2, 0) is 13.8 Å². The number of rotatable bonds is 5. The number of hydrogen-bond donors (Lipinski definition) is 1. The number of carbonyl (C=O) groups is 1. The minimum atomic E-state index is -0.340. The highest BCUT2D eigenvalue weighted by atomic mass is 35.5. The Morgan fingerprint density at radius 2 is 2.08 bits per heavy atom. The summed E-state index contributed by atoms with van der Waals surface area (Å²) in [4.78, 5) is 12.4. The monoisotopic (exact) mass is 373 g/mol. The fourth-order valence-corrected chi connectivity index (χ4v) is 2.91. The highest BCUT2D eigenvalue weighted by Gasteiger charge is 2.19. The van der Waals surface area contributed by atoms with Gasteiger partial charge in [-0.25, -0.2) is 4.68 Å². The van der Waals surface area contributed by atoms with Gasteiger partial charge >= 0.3 is 0 Å². The van der Waals surface area contributed by atoms with Crippen molar-refractivity contribution in [2.24, 2.45) is 7.05 Å². The first-order chi connectivity index (χ1) is 12.3. The smallest absolute Gasteiger partial charge is 0.275 e. The van der Waals surface area contributed by atoms with Crippen molar-refractivity contribution in [1.82, 2.24) is 19.6 Å². The van der Waals surface area contributed by atoms with E-state index >= 15 is 0 Å². The van der Waals surface area contributed by atoms with Crippen LogP contribution in [0, 0.1) is 20.8 Å². The summed E-state index contributed by atoms with van der Waals surface area (Å²) in [5, 5.41) is 11.4. The highest BCUT2D eigenvalue weighted by Crippen LogP contribution is 2.21. The van der Waals surface area contributed by atoms with Gasteiger partial charge in [-0.15, -0.1) is 0 Å². The molecule has 0 aliphatic rings. The Bertz CT molecular complexity index is 961. The molecule has 136 valence electrons. The number of anilines is 1. The number of amides is 1. The molecule has 26 heavy (non-hydrogen) atoms. The van der Waals surface area contributed by atoms with E-state index in [0.29, 0.717) is 22.1 Å². The van der Waals surface area contributed by atoms with Gasteiger partial charge < -0.3 is 10.1 Å². The number of nitrogens with one attached hydrogen (secondary N) is 1. The van der Waals surface area contributed by atoms with Gasteiger partial charge in [0, 0.05) is 7.05 Å². The summed E-state index contributed by atoms with van der Waals surface area (Å²) in [5.74, 6) is 0.460. The molecule has 7 nitrogen and oxygen atoms in total. The number of ether oxygens (including phenoxy) is 1. The van der Waals surface area contributed by atoms with Gasteiger partial charge in [0.1, 0.15) is 11.4 Å². The van der Waals surface area contributed by atoms with Crippen molar-refractivity contribution in [1.29, 1.82) is 0 Å². The van der Waals surface area contributed by atoms with Crippen molar-refractivity contribution < 1.29 is 9.53 Å². The van der Waals surface area contributed by atoms with E-state index in [1.165, 1.54) is 10.2 Å². The van der Waals surface area contributed by atoms with Gasteiger partial charge in [0.05, 0.1) is 28.8 Å². The van der Waals surface area contributed by atoms with Crippen molar-refractivity contribution in [2.75, 3.05) is 5.32 Å². The van der Waals surface area contributed by atoms with Gasteiger partial charge in [-0.3, -0.25) is 9.48 Å². The molecule has 0 atom stereocenters. The molecule has 0 radical (unpaired) electrons. The van der Waals surface area contributed by atoms with E-state index in [-0.39, 0.29) is 12.6 Å². The zero-order valence-electron chi connectivity index (χ0n) is 15.1. The van der Waals surface area contributed by atoms with E-state index in [1.54, 1.807) is 31.0 Å². The molecule has 1 N–H and O–H groups in total. The Labute approximate surface area is 156 Å². The van der Waals surface area contributed by atoms with Crippen LogP contribution in [0.2, 0.25) is 5.02 Å². The molecule has 0 unspecified atom stereocenters. The molecule has 0 aliphatic heterocycles. The van der Waals surface area contributed by atoms with Crippen LogP contribution in [0.15, 0.2) is 30.6 Å². The van der Waals surface area contributed by atoms with E-state index in [9.17, 15) is 4.79 Å². The first-order valence-corrected chi connectivity index (χ1v) is 8.46. The Hall–Kier alpha value is -2.80. The zero-order chi connectivity index (χ0) is 18.8. The SMILES string of the molecule is Cc1ccc(OCn2cc(NC(=O)c3c(Cl)c(C)nn3C)cn2)c(C)c1. The zero-order valence-corrected chi connectivity index (χ0v) is 15.8. The summed E-state index contributed by atoms with van der Waals surface area (Å²) in [6.07, 6.45) is 3.25. The molecule has 8 heteroatoms. The van der Waals surface area contributed by atoms with Crippen molar-refractivity contribution in [3.63, 3.8) is 0 Å². The number of benzene rings is 1. The van der Waals surface area contributed by atoms with Gasteiger partial charge in [-0.05, 0) is 32.4 Å². The predicted molar refractivity (Wildman–Crippen MR) is 99.7 cm³/mol. The highest BCUT2D eigenvalue weighted by molar-refractivity contribution is 6.34. The van der Waals surface area contributed by atoms with Gasteiger partial charge in [0.2, 0.25) is 0 Å². The van der Waals surface area contributed by atoms with E-state index in [2.05, 4.69) is 21.6 Å². The maximum absolute atomic E-state index is 12.4. The quantitative estimate of drug-likeness (QED) is 0.743. The fourth-order valence-electron chi connectivity index (χ4n) is 2.66. The Morgan fingerprint density at radius 1 is 1.31 bits per heavy atom. The largest absolute Gasteiger partial charge is 0.471 e. The standard InChI is InChI=1S/C18H20ClN5O2/c1-11-5-6-15(12(2)7-11)26-10-24-9-14(8-20-24)21-18(25)17-16(19)13(3)22-23(17)4/h5-9H,10H2,1-4H3,(H,21,25). The maximum atomic E-state index is 12.4. The third kappa shape index (κ3) is 3.72. The second-order valence-electron chi connectivity index (χ2n) is 6.14. The average Bonchev–Trinajstić information content (AvgIpc) is 3.11. The second-order valence-corrected chi connectivity index (χ2v) is 6.51. The first-order valence-electron chi connectivity index (χ1n) is 8.08. The molecular formula is C18H20ClN5O2. The number of aromatic nitrogens is 4. The van der Waals surface area contributed by atoms with Crippen molar-refractivity contribution in [3.8, 4) is 5.75 Å². The molecule has 2 aromatic heterocycles. The van der Waals surface area contributed by atoms with Gasteiger partial charge in [-0.2, -0.15) is 10.2 Å². The lowest BCUT2D eigenvalue weighted by Gasteiger charge is -2.09. The van der Waals surface area contributed by atoms with Crippen LogP contribution in [0.1, 0.15) is 27.3 Å². The molecule has 3 aromatic rings. The molecule has 0 saturated heterocycles. The molecule has 3 rings (SSSR count).